The van der Waals surface area contributed by atoms with E-state index in [9.17, 15) is 9.50 Å². The normalized spacial score (nSPS) is 22.2. The number of aliphatic hydroxyl groups excluding tert-OH is 1. The predicted octanol–water partition coefficient (Wildman–Crippen LogP) is 4.20. The third-order valence-corrected chi connectivity index (χ3v) is 4.10. The van der Waals surface area contributed by atoms with Gasteiger partial charge in [-0.25, -0.2) is 4.39 Å². The Balaban J connectivity index is 1.74. The van der Waals surface area contributed by atoms with Gasteiger partial charge in [-0.2, -0.15) is 0 Å². The number of hydrogen-bond acceptors (Lipinski definition) is 2. The molecule has 0 spiro atoms. The standard InChI is InChI=1S/C18H19FO2/c1-12(13-5-3-2-4-6-13)9-15-11-17(20)16-8-7-14(19)10-18(16)21-15/h2-8,10,12,15,17,20H,9,11H2,1H3. The first-order chi connectivity index (χ1) is 10.1. The van der Waals surface area contributed by atoms with Gasteiger partial charge in [-0.3, -0.25) is 0 Å². The highest BCUT2D eigenvalue weighted by Crippen LogP contribution is 2.37. The summed E-state index contributed by atoms with van der Waals surface area (Å²) in [5, 5.41) is 10.2. The van der Waals surface area contributed by atoms with Gasteiger partial charge in [0.2, 0.25) is 0 Å². The van der Waals surface area contributed by atoms with Crippen LogP contribution in [0.5, 0.6) is 5.75 Å². The molecule has 1 aliphatic rings. The first-order valence-corrected chi connectivity index (χ1v) is 7.32. The highest BCUT2D eigenvalue weighted by atomic mass is 19.1. The van der Waals surface area contributed by atoms with E-state index in [-0.39, 0.29) is 11.9 Å². The molecule has 0 amide bonds. The molecule has 2 aromatic carbocycles. The van der Waals surface area contributed by atoms with Crippen LogP contribution in [0.4, 0.5) is 4.39 Å². The predicted molar refractivity (Wildman–Crippen MR) is 79.9 cm³/mol. The van der Waals surface area contributed by atoms with Crippen molar-refractivity contribution in [3.63, 3.8) is 0 Å². The summed E-state index contributed by atoms with van der Waals surface area (Å²) in [7, 11) is 0. The highest BCUT2D eigenvalue weighted by Gasteiger charge is 2.28. The summed E-state index contributed by atoms with van der Waals surface area (Å²) < 4.78 is 19.2. The number of rotatable bonds is 3. The summed E-state index contributed by atoms with van der Waals surface area (Å²) in [6.07, 6.45) is 0.680. The number of halogens is 1. The second-order valence-electron chi connectivity index (χ2n) is 5.72. The van der Waals surface area contributed by atoms with Gasteiger partial charge in [0.05, 0.1) is 6.10 Å². The number of aliphatic hydroxyl groups is 1. The molecule has 0 saturated carbocycles. The van der Waals surface area contributed by atoms with Crippen molar-refractivity contribution >= 4 is 0 Å². The third-order valence-electron chi connectivity index (χ3n) is 4.10. The fraction of sp³-hybridized carbons (Fsp3) is 0.333. The summed E-state index contributed by atoms with van der Waals surface area (Å²) in [5.41, 5.74) is 1.93. The van der Waals surface area contributed by atoms with Crippen LogP contribution in [0, 0.1) is 5.82 Å². The Kier molecular flexibility index (Phi) is 3.93. The first kappa shape index (κ1) is 14.1. The minimum atomic E-state index is -0.581. The molecule has 0 fully saturated rings. The molecular formula is C18H19FO2. The molecule has 1 heterocycles. The fourth-order valence-corrected chi connectivity index (χ4v) is 2.95. The molecule has 3 unspecified atom stereocenters. The van der Waals surface area contributed by atoms with Crippen molar-refractivity contribution in [2.45, 2.75) is 37.9 Å². The van der Waals surface area contributed by atoms with Gasteiger partial charge >= 0.3 is 0 Å². The summed E-state index contributed by atoms with van der Waals surface area (Å²) in [6, 6.07) is 14.5. The minimum Gasteiger partial charge on any atom is -0.490 e. The minimum absolute atomic E-state index is 0.0930. The van der Waals surface area contributed by atoms with Crippen molar-refractivity contribution < 1.29 is 14.2 Å². The van der Waals surface area contributed by atoms with Gasteiger partial charge in [-0.15, -0.1) is 0 Å². The maximum atomic E-state index is 13.3. The molecule has 2 nitrogen and oxygen atoms in total. The highest BCUT2D eigenvalue weighted by molar-refractivity contribution is 5.37. The number of benzene rings is 2. The van der Waals surface area contributed by atoms with E-state index in [0.29, 0.717) is 23.7 Å². The molecule has 21 heavy (non-hydrogen) atoms. The van der Waals surface area contributed by atoms with E-state index in [2.05, 4.69) is 19.1 Å². The Morgan fingerprint density at radius 3 is 2.76 bits per heavy atom. The zero-order valence-corrected chi connectivity index (χ0v) is 12.0. The van der Waals surface area contributed by atoms with Crippen molar-refractivity contribution in [3.05, 3.63) is 65.5 Å². The van der Waals surface area contributed by atoms with Crippen LogP contribution >= 0.6 is 0 Å². The molecule has 2 aromatic rings. The molecule has 1 aliphatic heterocycles. The first-order valence-electron chi connectivity index (χ1n) is 7.32. The maximum Gasteiger partial charge on any atom is 0.128 e. The van der Waals surface area contributed by atoms with E-state index in [1.54, 1.807) is 6.07 Å². The molecule has 0 saturated heterocycles. The van der Waals surface area contributed by atoms with Crippen LogP contribution in [-0.2, 0) is 0 Å². The summed E-state index contributed by atoms with van der Waals surface area (Å²) in [6.45, 7) is 2.15. The van der Waals surface area contributed by atoms with Crippen LogP contribution in [0.1, 0.15) is 42.9 Å². The summed E-state index contributed by atoms with van der Waals surface area (Å²) in [5.74, 6) is 0.468. The van der Waals surface area contributed by atoms with E-state index in [0.717, 1.165) is 6.42 Å². The van der Waals surface area contributed by atoms with Gasteiger partial charge in [-0.05, 0) is 30.0 Å². The third kappa shape index (κ3) is 3.08. The Hall–Kier alpha value is -1.87. The Bertz CT molecular complexity index is 612. The van der Waals surface area contributed by atoms with E-state index in [1.807, 2.05) is 18.2 Å². The molecule has 3 atom stereocenters. The van der Waals surface area contributed by atoms with Gasteiger partial charge in [0.15, 0.2) is 0 Å². The van der Waals surface area contributed by atoms with Crippen molar-refractivity contribution in [1.82, 2.24) is 0 Å². The number of fused-ring (bicyclic) bond motifs is 1. The molecule has 1 N–H and O–H groups in total. The van der Waals surface area contributed by atoms with Crippen molar-refractivity contribution in [3.8, 4) is 5.75 Å². The lowest BCUT2D eigenvalue weighted by Gasteiger charge is -2.31. The maximum absolute atomic E-state index is 13.3. The second kappa shape index (κ2) is 5.86. The van der Waals surface area contributed by atoms with Crippen LogP contribution in [-0.4, -0.2) is 11.2 Å². The molecule has 3 heteroatoms. The van der Waals surface area contributed by atoms with Crippen LogP contribution < -0.4 is 4.74 Å². The molecule has 0 radical (unpaired) electrons. The van der Waals surface area contributed by atoms with Crippen molar-refractivity contribution in [2.75, 3.05) is 0 Å². The average molecular weight is 286 g/mol. The molecule has 0 aliphatic carbocycles. The van der Waals surface area contributed by atoms with Crippen molar-refractivity contribution in [1.29, 1.82) is 0 Å². The molecular weight excluding hydrogens is 267 g/mol. The fourth-order valence-electron chi connectivity index (χ4n) is 2.95. The van der Waals surface area contributed by atoms with E-state index >= 15 is 0 Å². The monoisotopic (exact) mass is 286 g/mol. The lowest BCUT2D eigenvalue weighted by Crippen LogP contribution is -2.27. The van der Waals surface area contributed by atoms with Crippen LogP contribution in [0.3, 0.4) is 0 Å². The topological polar surface area (TPSA) is 29.5 Å². The Morgan fingerprint density at radius 2 is 2.00 bits per heavy atom. The van der Waals surface area contributed by atoms with Gasteiger partial charge in [0.25, 0.3) is 0 Å². The molecule has 110 valence electrons. The van der Waals surface area contributed by atoms with Gasteiger partial charge in [-0.1, -0.05) is 37.3 Å². The molecule has 0 bridgehead atoms. The second-order valence-corrected chi connectivity index (χ2v) is 5.72. The van der Waals surface area contributed by atoms with Crippen LogP contribution in [0.2, 0.25) is 0 Å². The largest absolute Gasteiger partial charge is 0.490 e. The summed E-state index contributed by atoms with van der Waals surface area (Å²) in [4.78, 5) is 0. The van der Waals surface area contributed by atoms with Crippen molar-refractivity contribution in [2.24, 2.45) is 0 Å². The average Bonchev–Trinajstić information content (AvgIpc) is 2.47. The van der Waals surface area contributed by atoms with Gasteiger partial charge < -0.3 is 9.84 Å². The van der Waals surface area contributed by atoms with E-state index < -0.39 is 6.10 Å². The van der Waals surface area contributed by atoms with Crippen LogP contribution in [0.25, 0.3) is 0 Å². The smallest absolute Gasteiger partial charge is 0.128 e. The van der Waals surface area contributed by atoms with Gasteiger partial charge in [0, 0.05) is 18.1 Å². The lowest BCUT2D eigenvalue weighted by atomic mass is 9.90. The zero-order valence-electron chi connectivity index (χ0n) is 12.0. The lowest BCUT2D eigenvalue weighted by molar-refractivity contribution is 0.0586. The Labute approximate surface area is 124 Å². The molecule has 3 rings (SSSR count). The van der Waals surface area contributed by atoms with Gasteiger partial charge in [0.1, 0.15) is 17.7 Å². The Morgan fingerprint density at radius 1 is 1.24 bits per heavy atom. The number of ether oxygens (including phenoxy) is 1. The van der Waals surface area contributed by atoms with Crippen LogP contribution in [0.15, 0.2) is 48.5 Å². The SMILES string of the molecule is CC(CC1CC(O)c2ccc(F)cc2O1)c1ccccc1. The number of hydrogen-bond donors (Lipinski definition) is 1. The van der Waals surface area contributed by atoms with E-state index in [1.165, 1.54) is 17.7 Å². The molecule has 0 aromatic heterocycles. The zero-order chi connectivity index (χ0) is 14.8. The quantitative estimate of drug-likeness (QED) is 0.916. The summed E-state index contributed by atoms with van der Waals surface area (Å²) >= 11 is 0. The van der Waals surface area contributed by atoms with E-state index in [4.69, 9.17) is 4.74 Å².